The van der Waals surface area contributed by atoms with E-state index in [9.17, 15) is 0 Å². The summed E-state index contributed by atoms with van der Waals surface area (Å²) in [5, 5.41) is 8.83. The van der Waals surface area contributed by atoms with Gasteiger partial charge in [0.2, 0.25) is 5.88 Å². The molecule has 0 atom stereocenters. The maximum absolute atomic E-state index is 8.47. The first-order valence-corrected chi connectivity index (χ1v) is 3.25. The predicted molar refractivity (Wildman–Crippen MR) is 40.5 cm³/mol. The first kappa shape index (κ1) is 7.83. The SMILES string of the molecule is COc1cc(Cl)c(C#N)cn1. The largest absolute Gasteiger partial charge is 0.481 e. The summed E-state index contributed by atoms with van der Waals surface area (Å²) in [6.07, 6.45) is 1.38. The smallest absolute Gasteiger partial charge is 0.214 e. The number of halogens is 1. The molecule has 4 heteroatoms. The minimum absolute atomic E-state index is 0.354. The summed E-state index contributed by atoms with van der Waals surface area (Å²) in [4.78, 5) is 3.80. The summed E-state index contributed by atoms with van der Waals surface area (Å²) < 4.78 is 4.79. The number of rotatable bonds is 1. The highest BCUT2D eigenvalue weighted by Gasteiger charge is 2.00. The minimum atomic E-state index is 0.354. The van der Waals surface area contributed by atoms with Crippen LogP contribution in [0.5, 0.6) is 5.88 Å². The van der Waals surface area contributed by atoms with Gasteiger partial charge in [-0.2, -0.15) is 5.26 Å². The molecule has 0 amide bonds. The number of pyridine rings is 1. The molecule has 0 saturated heterocycles. The van der Waals surface area contributed by atoms with Crippen molar-refractivity contribution >= 4 is 11.6 Å². The van der Waals surface area contributed by atoms with Crippen molar-refractivity contribution in [3.63, 3.8) is 0 Å². The fraction of sp³-hybridized carbons (Fsp3) is 0.143. The van der Waals surface area contributed by atoms with E-state index in [2.05, 4.69) is 4.98 Å². The summed E-state index contributed by atoms with van der Waals surface area (Å²) in [5.74, 6) is 0.411. The zero-order valence-corrected chi connectivity index (χ0v) is 6.59. The van der Waals surface area contributed by atoms with E-state index in [0.29, 0.717) is 16.5 Å². The number of hydrogen-bond acceptors (Lipinski definition) is 3. The molecule has 1 aromatic rings. The number of nitrogens with zero attached hydrogens (tertiary/aromatic N) is 2. The molecule has 3 nitrogen and oxygen atoms in total. The van der Waals surface area contributed by atoms with Crippen molar-refractivity contribution in [2.75, 3.05) is 7.11 Å². The van der Waals surface area contributed by atoms with Crippen LogP contribution in [0.3, 0.4) is 0 Å². The zero-order valence-electron chi connectivity index (χ0n) is 5.84. The minimum Gasteiger partial charge on any atom is -0.481 e. The molecule has 0 aromatic carbocycles. The molecule has 0 aliphatic rings. The second-order valence-corrected chi connectivity index (χ2v) is 2.23. The standard InChI is InChI=1S/C7H5ClN2O/c1-11-7-2-6(8)5(3-9)4-10-7/h2,4H,1H3. The molecule has 56 valence electrons. The maximum Gasteiger partial charge on any atom is 0.214 e. The van der Waals surface area contributed by atoms with Crippen molar-refractivity contribution in [1.29, 1.82) is 5.26 Å². The van der Waals surface area contributed by atoms with Crippen LogP contribution in [-0.2, 0) is 0 Å². The van der Waals surface area contributed by atoms with Crippen LogP contribution in [0.2, 0.25) is 5.02 Å². The molecule has 1 rings (SSSR count). The molecular formula is C7H5ClN2O. The first-order chi connectivity index (χ1) is 5.27. The second kappa shape index (κ2) is 3.22. The van der Waals surface area contributed by atoms with Crippen molar-refractivity contribution in [3.8, 4) is 11.9 Å². The van der Waals surface area contributed by atoms with Gasteiger partial charge < -0.3 is 4.74 Å². The quantitative estimate of drug-likeness (QED) is 0.640. The lowest BCUT2D eigenvalue weighted by Gasteiger charge is -1.98. The van der Waals surface area contributed by atoms with E-state index in [1.54, 1.807) is 0 Å². The topological polar surface area (TPSA) is 45.9 Å². The van der Waals surface area contributed by atoms with E-state index in [-0.39, 0.29) is 0 Å². The van der Waals surface area contributed by atoms with Gasteiger partial charge in [0.1, 0.15) is 6.07 Å². The van der Waals surface area contributed by atoms with Gasteiger partial charge in [0, 0.05) is 6.07 Å². The third-order valence-electron chi connectivity index (χ3n) is 1.16. The van der Waals surface area contributed by atoms with Crippen molar-refractivity contribution < 1.29 is 4.74 Å². The number of aromatic nitrogens is 1. The Labute approximate surface area is 69.2 Å². The molecule has 0 aliphatic heterocycles. The van der Waals surface area contributed by atoms with Gasteiger partial charge in [-0.15, -0.1) is 0 Å². The Kier molecular flexibility index (Phi) is 2.29. The predicted octanol–water partition coefficient (Wildman–Crippen LogP) is 1.62. The van der Waals surface area contributed by atoms with E-state index in [0.717, 1.165) is 0 Å². The number of ether oxygens (including phenoxy) is 1. The number of nitriles is 1. The zero-order chi connectivity index (χ0) is 8.27. The molecule has 0 saturated carbocycles. The fourth-order valence-corrected chi connectivity index (χ4v) is 0.792. The average molecular weight is 169 g/mol. The molecule has 11 heavy (non-hydrogen) atoms. The lowest BCUT2D eigenvalue weighted by Crippen LogP contribution is -1.88. The number of methoxy groups -OCH3 is 1. The Bertz CT molecular complexity index is 306. The van der Waals surface area contributed by atoms with E-state index >= 15 is 0 Å². The summed E-state index contributed by atoms with van der Waals surface area (Å²) >= 11 is 5.67. The Morgan fingerprint density at radius 2 is 2.45 bits per heavy atom. The van der Waals surface area contributed by atoms with Crippen molar-refractivity contribution in [2.45, 2.75) is 0 Å². The lowest BCUT2D eigenvalue weighted by molar-refractivity contribution is 0.398. The molecule has 1 heterocycles. The van der Waals surface area contributed by atoms with Gasteiger partial charge in [0.15, 0.2) is 0 Å². The Morgan fingerprint density at radius 1 is 1.73 bits per heavy atom. The molecule has 0 bridgehead atoms. The highest BCUT2D eigenvalue weighted by molar-refractivity contribution is 6.31. The van der Waals surface area contributed by atoms with E-state index in [1.807, 2.05) is 6.07 Å². The van der Waals surface area contributed by atoms with E-state index in [4.69, 9.17) is 21.6 Å². The van der Waals surface area contributed by atoms with Crippen LogP contribution in [-0.4, -0.2) is 12.1 Å². The monoisotopic (exact) mass is 168 g/mol. The molecule has 0 N–H and O–H groups in total. The van der Waals surface area contributed by atoms with Gasteiger partial charge in [0.05, 0.1) is 23.9 Å². The van der Waals surface area contributed by atoms with Crippen molar-refractivity contribution in [3.05, 3.63) is 22.8 Å². The summed E-state index contributed by atoms with van der Waals surface area (Å²) in [7, 11) is 1.49. The molecule has 0 fully saturated rings. The third kappa shape index (κ3) is 1.60. The van der Waals surface area contributed by atoms with Crippen LogP contribution in [0.15, 0.2) is 12.3 Å². The highest BCUT2D eigenvalue weighted by Crippen LogP contribution is 2.18. The van der Waals surface area contributed by atoms with Crippen LogP contribution in [0.25, 0.3) is 0 Å². The molecule has 0 aliphatic carbocycles. The van der Waals surface area contributed by atoms with Crippen LogP contribution < -0.4 is 4.74 Å². The Balaban J connectivity index is 3.12. The van der Waals surface area contributed by atoms with Crippen LogP contribution in [0, 0.1) is 11.3 Å². The molecule has 1 aromatic heterocycles. The lowest BCUT2D eigenvalue weighted by atomic mass is 10.3. The average Bonchev–Trinajstić information content (AvgIpc) is 2.04. The highest BCUT2D eigenvalue weighted by atomic mass is 35.5. The van der Waals surface area contributed by atoms with Crippen molar-refractivity contribution in [2.24, 2.45) is 0 Å². The van der Waals surface area contributed by atoms with Gasteiger partial charge in [-0.05, 0) is 0 Å². The fourth-order valence-electron chi connectivity index (χ4n) is 0.607. The molecule has 0 radical (unpaired) electrons. The van der Waals surface area contributed by atoms with Gasteiger partial charge in [-0.3, -0.25) is 0 Å². The summed E-state index contributed by atoms with van der Waals surface area (Å²) in [6, 6.07) is 3.40. The Hall–Kier alpha value is -1.27. The van der Waals surface area contributed by atoms with Gasteiger partial charge in [0.25, 0.3) is 0 Å². The first-order valence-electron chi connectivity index (χ1n) is 2.87. The summed E-state index contributed by atoms with van der Waals surface area (Å²) in [5.41, 5.74) is 0.354. The normalized spacial score (nSPS) is 8.82. The second-order valence-electron chi connectivity index (χ2n) is 1.82. The van der Waals surface area contributed by atoms with Crippen LogP contribution in [0.1, 0.15) is 5.56 Å². The van der Waals surface area contributed by atoms with Gasteiger partial charge in [-0.25, -0.2) is 4.98 Å². The summed E-state index contributed by atoms with van der Waals surface area (Å²) in [6.45, 7) is 0. The molecular weight excluding hydrogens is 164 g/mol. The maximum atomic E-state index is 8.47. The number of hydrogen-bond donors (Lipinski definition) is 0. The third-order valence-corrected chi connectivity index (χ3v) is 1.47. The van der Waals surface area contributed by atoms with Crippen molar-refractivity contribution in [1.82, 2.24) is 4.98 Å². The van der Waals surface area contributed by atoms with Gasteiger partial charge in [-0.1, -0.05) is 11.6 Å². The van der Waals surface area contributed by atoms with Gasteiger partial charge >= 0.3 is 0 Å². The van der Waals surface area contributed by atoms with Crippen LogP contribution in [0.4, 0.5) is 0 Å². The molecule has 0 unspecified atom stereocenters. The van der Waals surface area contributed by atoms with E-state index < -0.39 is 0 Å². The van der Waals surface area contributed by atoms with Crippen LogP contribution >= 0.6 is 11.6 Å². The molecule has 0 spiro atoms. The van der Waals surface area contributed by atoms with E-state index in [1.165, 1.54) is 19.4 Å². The Morgan fingerprint density at radius 3 is 2.91 bits per heavy atom.